The van der Waals surface area contributed by atoms with Crippen LogP contribution in [0.1, 0.15) is 107 Å². The maximum atomic E-state index is 12.9. The first-order valence-electron chi connectivity index (χ1n) is 23.0. The summed E-state index contributed by atoms with van der Waals surface area (Å²) in [6, 6.07) is 19.7. The maximum Gasteiger partial charge on any atom is 0.303 e. The summed E-state index contributed by atoms with van der Waals surface area (Å²) in [6.07, 6.45) is 9.84. The monoisotopic (exact) mass is 906 g/mol. The number of hydrogen-bond donors (Lipinski definition) is 2. The van der Waals surface area contributed by atoms with Crippen LogP contribution in [0.5, 0.6) is 0 Å². The molecule has 10 rings (SSSR count). The Morgan fingerprint density at radius 1 is 0.597 bits per heavy atom. The number of nitrogens with zero attached hydrogens (tertiary/aromatic N) is 15. The van der Waals surface area contributed by atoms with Gasteiger partial charge in [-0.05, 0) is 153 Å². The topological polar surface area (TPSA) is 217 Å². The number of amides is 1. The summed E-state index contributed by atoms with van der Waals surface area (Å²) in [5, 5.41) is 46.7. The van der Waals surface area contributed by atoms with Crippen LogP contribution in [-0.4, -0.2) is 117 Å². The predicted molar refractivity (Wildman–Crippen MR) is 250 cm³/mol. The lowest BCUT2D eigenvalue weighted by molar-refractivity contribution is -0.137. The summed E-state index contributed by atoms with van der Waals surface area (Å²) >= 11 is 0. The van der Waals surface area contributed by atoms with Crippen LogP contribution in [0.4, 0.5) is 0 Å². The molecule has 0 aromatic carbocycles. The molecule has 0 bridgehead atoms. The van der Waals surface area contributed by atoms with Crippen molar-refractivity contribution in [2.75, 3.05) is 26.2 Å². The quantitative estimate of drug-likeness (QED) is 0.167. The average molecular weight is 907 g/mol. The Bertz CT molecular complexity index is 2940. The molecule has 19 heteroatoms. The Morgan fingerprint density at radius 3 is 1.54 bits per heavy atom. The van der Waals surface area contributed by atoms with Crippen molar-refractivity contribution in [1.29, 1.82) is 0 Å². The van der Waals surface area contributed by atoms with E-state index in [9.17, 15) is 9.59 Å². The Labute approximate surface area is 388 Å². The fourth-order valence-corrected chi connectivity index (χ4v) is 8.92. The van der Waals surface area contributed by atoms with E-state index in [2.05, 4.69) is 69.2 Å². The van der Waals surface area contributed by atoms with Crippen LogP contribution in [0.3, 0.4) is 0 Å². The molecule has 0 saturated carbocycles. The first kappa shape index (κ1) is 46.3. The Balaban J connectivity index is 0.000000153. The Hall–Kier alpha value is -7.28. The summed E-state index contributed by atoms with van der Waals surface area (Å²) in [5.74, 6) is 3.31. The molecule has 67 heavy (non-hydrogen) atoms. The molecule has 0 radical (unpaired) electrons. The first-order chi connectivity index (χ1) is 32.4. The van der Waals surface area contributed by atoms with Crippen LogP contribution in [0, 0.1) is 41.5 Å². The van der Waals surface area contributed by atoms with Crippen molar-refractivity contribution in [3.63, 3.8) is 0 Å². The number of carboxylic acid groups (broad SMARTS) is 1. The molecule has 2 N–H and O–H groups in total. The van der Waals surface area contributed by atoms with E-state index in [0.717, 1.165) is 84.4 Å². The minimum absolute atomic E-state index is 0.0877. The van der Waals surface area contributed by atoms with Gasteiger partial charge in [0.15, 0.2) is 34.6 Å². The number of carboxylic acids is 1. The van der Waals surface area contributed by atoms with Gasteiger partial charge in [-0.2, -0.15) is 19.2 Å². The normalized spacial score (nSPS) is 14.4. The van der Waals surface area contributed by atoms with E-state index in [-0.39, 0.29) is 12.3 Å². The van der Waals surface area contributed by atoms with E-state index in [1.807, 2.05) is 106 Å². The smallest absolute Gasteiger partial charge is 0.303 e. The second-order valence-electron chi connectivity index (χ2n) is 17.1. The van der Waals surface area contributed by atoms with Crippen LogP contribution in [0.2, 0.25) is 0 Å². The van der Waals surface area contributed by atoms with Crippen molar-refractivity contribution in [3.8, 4) is 11.6 Å². The van der Waals surface area contributed by atoms with Crippen molar-refractivity contribution in [2.45, 2.75) is 105 Å². The molecule has 0 unspecified atom stereocenters. The van der Waals surface area contributed by atoms with E-state index in [1.165, 1.54) is 18.5 Å². The second-order valence-corrected chi connectivity index (χ2v) is 17.1. The van der Waals surface area contributed by atoms with Gasteiger partial charge in [0.2, 0.25) is 5.91 Å². The molecule has 8 aromatic rings. The molecule has 0 atom stereocenters. The third-order valence-electron chi connectivity index (χ3n) is 12.7. The maximum absolute atomic E-state index is 12.9. The fraction of sp³-hybridized carbons (Fsp3) is 0.417. The molecule has 10 heterocycles. The van der Waals surface area contributed by atoms with Crippen LogP contribution < -0.4 is 5.32 Å². The molecular weight excluding hydrogens is 849 g/mol. The molecule has 2 saturated heterocycles. The first-order valence-corrected chi connectivity index (χ1v) is 23.0. The molecule has 8 aromatic heterocycles. The number of carbonyl (C=O) groups excluding carboxylic acids is 1. The van der Waals surface area contributed by atoms with Crippen molar-refractivity contribution in [2.24, 2.45) is 0 Å². The number of aromatic nitrogens is 14. The van der Waals surface area contributed by atoms with Crippen molar-refractivity contribution >= 4 is 23.2 Å². The summed E-state index contributed by atoms with van der Waals surface area (Å²) < 4.78 is 6.93. The molecule has 0 aliphatic carbocycles. The predicted octanol–water partition coefficient (Wildman–Crippen LogP) is 5.77. The van der Waals surface area contributed by atoms with E-state index in [0.29, 0.717) is 59.9 Å². The molecule has 0 spiro atoms. The SMILES string of the molecule is Cc1nn(-c2ccc3nnc(C)n3n2)c(C)c1CCC(=O)N1CCC(c2ccccn2)CC1.Cc1nn(-c2ccc3nnc(C)n3n2)c(C)c1CCC(=O)O.c1ccc(C2CCNCC2)nc1. The molecule has 19 nitrogen and oxygen atoms in total. The van der Waals surface area contributed by atoms with E-state index < -0.39 is 5.97 Å². The third-order valence-corrected chi connectivity index (χ3v) is 12.7. The number of pyridine rings is 2. The molecular formula is C48H58N16O3. The number of hydrogen-bond acceptors (Lipinski definition) is 13. The highest BCUT2D eigenvalue weighted by Gasteiger charge is 2.25. The van der Waals surface area contributed by atoms with Crippen molar-refractivity contribution < 1.29 is 14.7 Å². The minimum atomic E-state index is -0.814. The van der Waals surface area contributed by atoms with Gasteiger partial charge in [-0.3, -0.25) is 19.6 Å². The highest BCUT2D eigenvalue weighted by atomic mass is 16.4. The minimum Gasteiger partial charge on any atom is -0.481 e. The van der Waals surface area contributed by atoms with Gasteiger partial charge in [0.25, 0.3) is 0 Å². The van der Waals surface area contributed by atoms with Gasteiger partial charge in [0.05, 0.1) is 11.4 Å². The van der Waals surface area contributed by atoms with Crippen molar-refractivity contribution in [3.05, 3.63) is 130 Å². The molecule has 2 fully saturated rings. The number of fused-ring (bicyclic) bond motifs is 2. The average Bonchev–Trinajstić information content (AvgIpc) is 4.09. The number of rotatable bonds is 10. The lowest BCUT2D eigenvalue weighted by Gasteiger charge is -2.31. The zero-order chi connectivity index (χ0) is 47.0. The van der Waals surface area contributed by atoms with Gasteiger partial charge >= 0.3 is 5.97 Å². The number of aliphatic carboxylic acids is 1. The Morgan fingerprint density at radius 2 is 1.07 bits per heavy atom. The zero-order valence-electron chi connectivity index (χ0n) is 39.0. The van der Waals surface area contributed by atoms with E-state index in [1.54, 1.807) is 13.7 Å². The van der Waals surface area contributed by atoms with Gasteiger partial charge in [0, 0.05) is 72.9 Å². The van der Waals surface area contributed by atoms with E-state index in [4.69, 9.17) is 10.2 Å². The molecule has 2 aliphatic rings. The van der Waals surface area contributed by atoms with Crippen LogP contribution in [0.15, 0.2) is 73.1 Å². The number of aryl methyl sites for hydroxylation is 4. The van der Waals surface area contributed by atoms with Crippen molar-refractivity contribution in [1.82, 2.24) is 79.4 Å². The standard InChI is InChI=1S/C24H28N8O.C14H16N6O2.C10H14N2/c1-16-20(17(2)31(28-16)23-9-8-22-27-26-18(3)32(22)29-23)7-10-24(33)30-14-11-19(12-15-30)21-6-4-5-13-25-21;1-8-11(4-7-14(21)22)9(2)19(17-8)13-6-5-12-16-15-10(3)20(12)18-13;1-2-6-12-10(3-1)9-4-7-11-8-5-9/h4-6,8-9,13,19H,7,10-12,14-15H2,1-3H3;5-6H,4,7H2,1-3H3,(H,21,22);1-3,6,9,11H,4-5,7-8H2. The summed E-state index contributed by atoms with van der Waals surface area (Å²) in [5.41, 5.74) is 9.49. The summed E-state index contributed by atoms with van der Waals surface area (Å²) in [6.45, 7) is 15.4. The van der Waals surface area contributed by atoms with Crippen LogP contribution in [0.25, 0.3) is 22.9 Å². The van der Waals surface area contributed by atoms with Gasteiger partial charge < -0.3 is 15.3 Å². The Kier molecular flexibility index (Phi) is 14.4. The number of nitrogens with one attached hydrogen (secondary N) is 1. The summed E-state index contributed by atoms with van der Waals surface area (Å²) in [4.78, 5) is 34.6. The third kappa shape index (κ3) is 10.7. The molecule has 2 aliphatic heterocycles. The number of carbonyl (C=O) groups is 2. The molecule has 1 amide bonds. The summed E-state index contributed by atoms with van der Waals surface area (Å²) in [7, 11) is 0. The van der Waals surface area contributed by atoms with Gasteiger partial charge in [0.1, 0.15) is 0 Å². The number of likely N-dealkylation sites (tertiary alicyclic amines) is 1. The van der Waals surface area contributed by atoms with Crippen LogP contribution >= 0.6 is 0 Å². The highest BCUT2D eigenvalue weighted by molar-refractivity contribution is 5.76. The fourth-order valence-electron chi connectivity index (χ4n) is 8.92. The van der Waals surface area contributed by atoms with Crippen LogP contribution in [-0.2, 0) is 22.4 Å². The molecule has 348 valence electrons. The number of piperidine rings is 2. The van der Waals surface area contributed by atoms with Gasteiger partial charge in [-0.1, -0.05) is 12.1 Å². The zero-order valence-corrected chi connectivity index (χ0v) is 39.0. The van der Waals surface area contributed by atoms with Gasteiger partial charge in [-0.25, -0.2) is 9.36 Å². The second kappa shape index (κ2) is 20.9. The highest BCUT2D eigenvalue weighted by Crippen LogP contribution is 2.28. The largest absolute Gasteiger partial charge is 0.481 e. The van der Waals surface area contributed by atoms with Gasteiger partial charge in [-0.15, -0.1) is 30.6 Å². The van der Waals surface area contributed by atoms with E-state index >= 15 is 0 Å². The lowest BCUT2D eigenvalue weighted by atomic mass is 9.93. The lowest BCUT2D eigenvalue weighted by Crippen LogP contribution is -2.38.